The van der Waals surface area contributed by atoms with Crippen LogP contribution in [0.3, 0.4) is 0 Å². The Morgan fingerprint density at radius 3 is 2.31 bits per heavy atom. The van der Waals surface area contributed by atoms with Crippen LogP contribution in [0.15, 0.2) is 24.3 Å². The molecule has 2 heterocycles. The Bertz CT molecular complexity index is 847. The molecule has 0 spiro atoms. The number of amides is 4. The molecule has 2 fully saturated rings. The maximum Gasteiger partial charge on any atom is 0.410 e. The number of rotatable bonds is 6. The highest BCUT2D eigenvalue weighted by molar-refractivity contribution is 6.07. The molecule has 0 saturated carbocycles. The zero-order chi connectivity index (χ0) is 23.5. The van der Waals surface area contributed by atoms with E-state index in [1.807, 2.05) is 32.6 Å². The maximum absolute atomic E-state index is 13.5. The lowest BCUT2D eigenvalue weighted by molar-refractivity contribution is -0.133. The van der Waals surface area contributed by atoms with Gasteiger partial charge in [0.1, 0.15) is 17.0 Å². The van der Waals surface area contributed by atoms with Crippen LogP contribution in [0.2, 0.25) is 0 Å². The summed E-state index contributed by atoms with van der Waals surface area (Å²) < 4.78 is 18.9. The van der Waals surface area contributed by atoms with Crippen molar-refractivity contribution in [2.45, 2.75) is 58.1 Å². The van der Waals surface area contributed by atoms with Crippen LogP contribution in [-0.4, -0.2) is 71.2 Å². The molecule has 8 nitrogen and oxygen atoms in total. The van der Waals surface area contributed by atoms with Gasteiger partial charge in [-0.1, -0.05) is 31.9 Å². The minimum Gasteiger partial charge on any atom is -0.444 e. The third kappa shape index (κ3) is 5.20. The molecule has 0 bridgehead atoms. The number of benzene rings is 1. The SMILES string of the molecule is CCCCC1(c2ccc(F)cc2)NC(=O)N(CN2CCN(C(=O)OC(C)(C)C)CC2)C1=O. The van der Waals surface area contributed by atoms with E-state index in [4.69, 9.17) is 4.74 Å². The molecule has 1 atom stereocenters. The normalized spacial score (nSPS) is 22.3. The number of halogens is 1. The van der Waals surface area contributed by atoms with Gasteiger partial charge in [0.15, 0.2) is 0 Å². The van der Waals surface area contributed by atoms with Gasteiger partial charge in [-0.25, -0.2) is 18.9 Å². The summed E-state index contributed by atoms with van der Waals surface area (Å²) in [5.41, 5.74) is -1.15. The molecule has 3 rings (SSSR count). The van der Waals surface area contributed by atoms with Crippen molar-refractivity contribution in [3.63, 3.8) is 0 Å². The van der Waals surface area contributed by atoms with Crippen LogP contribution in [0.5, 0.6) is 0 Å². The van der Waals surface area contributed by atoms with Gasteiger partial charge >= 0.3 is 12.1 Å². The van der Waals surface area contributed by atoms with Crippen molar-refractivity contribution in [2.24, 2.45) is 0 Å². The third-order valence-electron chi connectivity index (χ3n) is 5.78. The highest BCUT2D eigenvalue weighted by Gasteiger charge is 2.52. The number of urea groups is 1. The van der Waals surface area contributed by atoms with E-state index in [9.17, 15) is 18.8 Å². The predicted octanol–water partition coefficient (Wildman–Crippen LogP) is 3.27. The van der Waals surface area contributed by atoms with Crippen LogP contribution in [0.4, 0.5) is 14.0 Å². The standard InChI is InChI=1S/C23H33FN4O4/c1-5-6-11-23(17-7-9-18(24)10-8-17)19(29)28(20(30)25-23)16-26-12-14-27(15-13-26)21(31)32-22(2,3)4/h7-10H,5-6,11-16H2,1-4H3,(H,25,30). The Morgan fingerprint density at radius 1 is 1.12 bits per heavy atom. The summed E-state index contributed by atoms with van der Waals surface area (Å²) in [6.45, 7) is 9.59. The van der Waals surface area contributed by atoms with Gasteiger partial charge in [-0.2, -0.15) is 0 Å². The Kier molecular flexibility index (Phi) is 7.07. The number of ether oxygens (including phenoxy) is 1. The van der Waals surface area contributed by atoms with Crippen molar-refractivity contribution >= 4 is 18.0 Å². The second-order valence-corrected chi connectivity index (χ2v) is 9.41. The van der Waals surface area contributed by atoms with Gasteiger partial charge < -0.3 is 15.0 Å². The van der Waals surface area contributed by atoms with Gasteiger partial charge in [-0.3, -0.25) is 9.69 Å². The first-order valence-corrected chi connectivity index (χ1v) is 11.2. The van der Waals surface area contributed by atoms with Crippen molar-refractivity contribution in [3.8, 4) is 0 Å². The fourth-order valence-electron chi connectivity index (χ4n) is 4.04. The number of hydrogen-bond donors (Lipinski definition) is 1. The van der Waals surface area contributed by atoms with E-state index in [-0.39, 0.29) is 18.7 Å². The number of nitrogens with one attached hydrogen (secondary N) is 1. The first kappa shape index (κ1) is 24.0. The zero-order valence-electron chi connectivity index (χ0n) is 19.3. The summed E-state index contributed by atoms with van der Waals surface area (Å²) in [7, 11) is 0. The number of imide groups is 1. The zero-order valence-corrected chi connectivity index (χ0v) is 19.3. The molecule has 2 aliphatic rings. The Labute approximate surface area is 188 Å². The van der Waals surface area contributed by atoms with E-state index in [0.29, 0.717) is 38.2 Å². The lowest BCUT2D eigenvalue weighted by Gasteiger charge is -2.36. The molecule has 1 aromatic rings. The second-order valence-electron chi connectivity index (χ2n) is 9.41. The average Bonchev–Trinajstić information content (AvgIpc) is 2.97. The third-order valence-corrected chi connectivity index (χ3v) is 5.78. The number of carbonyl (C=O) groups is 3. The predicted molar refractivity (Wildman–Crippen MR) is 117 cm³/mol. The van der Waals surface area contributed by atoms with Crippen molar-refractivity contribution in [2.75, 3.05) is 32.8 Å². The number of piperazine rings is 1. The molecule has 0 radical (unpaired) electrons. The molecule has 176 valence electrons. The van der Waals surface area contributed by atoms with E-state index >= 15 is 0 Å². The summed E-state index contributed by atoms with van der Waals surface area (Å²) in [6, 6.07) is 5.28. The average molecular weight is 449 g/mol. The van der Waals surface area contributed by atoms with Crippen molar-refractivity contribution in [1.82, 2.24) is 20.0 Å². The first-order valence-electron chi connectivity index (χ1n) is 11.2. The molecule has 1 unspecified atom stereocenters. The van der Waals surface area contributed by atoms with Crippen molar-refractivity contribution in [3.05, 3.63) is 35.6 Å². The molecule has 4 amide bonds. The number of nitrogens with zero attached hydrogens (tertiary/aromatic N) is 3. The Morgan fingerprint density at radius 2 is 1.75 bits per heavy atom. The van der Waals surface area contributed by atoms with Crippen LogP contribution in [0.25, 0.3) is 0 Å². The van der Waals surface area contributed by atoms with Crippen molar-refractivity contribution in [1.29, 1.82) is 0 Å². The van der Waals surface area contributed by atoms with Crippen molar-refractivity contribution < 1.29 is 23.5 Å². The van der Waals surface area contributed by atoms with Gasteiger partial charge in [-0.05, 0) is 44.9 Å². The summed E-state index contributed by atoms with van der Waals surface area (Å²) in [5, 5.41) is 2.88. The van der Waals surface area contributed by atoms with E-state index in [1.54, 1.807) is 17.0 Å². The highest BCUT2D eigenvalue weighted by Crippen LogP contribution is 2.34. The van der Waals surface area contributed by atoms with Gasteiger partial charge in [0.25, 0.3) is 5.91 Å². The summed E-state index contributed by atoms with van der Waals surface area (Å²) in [4.78, 5) is 43.4. The summed E-state index contributed by atoms with van der Waals surface area (Å²) in [5.74, 6) is -0.715. The lowest BCUT2D eigenvalue weighted by Crippen LogP contribution is -2.53. The maximum atomic E-state index is 13.5. The molecule has 0 aliphatic carbocycles. The number of hydrogen-bond acceptors (Lipinski definition) is 5. The van der Waals surface area contributed by atoms with Gasteiger partial charge in [0, 0.05) is 26.2 Å². The van der Waals surface area contributed by atoms with E-state index in [0.717, 1.165) is 12.8 Å². The lowest BCUT2D eigenvalue weighted by atomic mass is 9.85. The fourth-order valence-corrected chi connectivity index (χ4v) is 4.04. The Hall–Kier alpha value is -2.68. The molecular weight excluding hydrogens is 415 g/mol. The summed E-state index contributed by atoms with van der Waals surface area (Å²) in [6.07, 6.45) is 1.69. The monoisotopic (exact) mass is 448 g/mol. The molecule has 32 heavy (non-hydrogen) atoms. The van der Waals surface area contributed by atoms with Crippen LogP contribution < -0.4 is 5.32 Å². The van der Waals surface area contributed by atoms with Crippen LogP contribution in [0.1, 0.15) is 52.5 Å². The molecule has 2 saturated heterocycles. The van der Waals surface area contributed by atoms with Gasteiger partial charge in [-0.15, -0.1) is 0 Å². The molecule has 1 aromatic carbocycles. The molecular formula is C23H33FN4O4. The van der Waals surface area contributed by atoms with E-state index in [2.05, 4.69) is 5.32 Å². The Balaban J connectivity index is 1.68. The van der Waals surface area contributed by atoms with Crippen LogP contribution in [0, 0.1) is 5.82 Å². The minimum absolute atomic E-state index is 0.141. The molecule has 0 aromatic heterocycles. The number of unbranched alkanes of at least 4 members (excludes halogenated alkanes) is 1. The smallest absolute Gasteiger partial charge is 0.410 e. The minimum atomic E-state index is -1.18. The molecule has 2 aliphatic heterocycles. The molecule has 9 heteroatoms. The van der Waals surface area contributed by atoms with Crippen LogP contribution in [-0.2, 0) is 15.1 Å². The van der Waals surface area contributed by atoms with Crippen LogP contribution >= 0.6 is 0 Å². The molecule has 1 N–H and O–H groups in total. The highest BCUT2D eigenvalue weighted by atomic mass is 19.1. The van der Waals surface area contributed by atoms with Gasteiger partial charge in [0.2, 0.25) is 0 Å². The number of carbonyl (C=O) groups excluding carboxylic acids is 3. The van der Waals surface area contributed by atoms with Gasteiger partial charge in [0.05, 0.1) is 6.67 Å². The quantitative estimate of drug-likeness (QED) is 0.676. The topological polar surface area (TPSA) is 82.2 Å². The van der Waals surface area contributed by atoms with E-state index < -0.39 is 23.0 Å². The summed E-state index contributed by atoms with van der Waals surface area (Å²) >= 11 is 0. The second kappa shape index (κ2) is 9.44. The fraction of sp³-hybridized carbons (Fsp3) is 0.609. The largest absolute Gasteiger partial charge is 0.444 e. The first-order chi connectivity index (χ1) is 15.1. The van der Waals surface area contributed by atoms with E-state index in [1.165, 1.54) is 17.0 Å².